The Hall–Kier alpha value is -1.36. The number of morpholine rings is 1. The van der Waals surface area contributed by atoms with E-state index in [-0.39, 0.29) is 5.54 Å². The van der Waals surface area contributed by atoms with E-state index in [4.69, 9.17) is 4.74 Å². The molecule has 0 spiro atoms. The molecule has 1 aliphatic heterocycles. The molecule has 0 amide bonds. The largest absolute Gasteiger partial charge is 0.377 e. The number of anilines is 2. The van der Waals surface area contributed by atoms with E-state index in [0.29, 0.717) is 0 Å². The van der Waals surface area contributed by atoms with Gasteiger partial charge in [-0.2, -0.15) is 0 Å². The second-order valence-electron chi connectivity index (χ2n) is 5.82. The van der Waals surface area contributed by atoms with Crippen LogP contribution < -0.4 is 10.2 Å². The number of rotatable bonds is 5. The Kier molecular flexibility index (Phi) is 4.81. The minimum atomic E-state index is -0.0292. The van der Waals surface area contributed by atoms with E-state index in [2.05, 4.69) is 47.9 Å². The minimum Gasteiger partial charge on any atom is -0.377 e. The fraction of sp³-hybridized carbons (Fsp3) is 0.733. The maximum Gasteiger partial charge on any atom is 0.137 e. The van der Waals surface area contributed by atoms with Gasteiger partial charge in [0.05, 0.1) is 18.8 Å². The molecule has 0 saturated carbocycles. The topological polar surface area (TPSA) is 50.3 Å². The molecular weight excluding hydrogens is 252 g/mol. The van der Waals surface area contributed by atoms with E-state index in [1.54, 1.807) is 6.33 Å². The van der Waals surface area contributed by atoms with Crippen molar-refractivity contribution in [2.45, 2.75) is 46.1 Å². The molecule has 5 heteroatoms. The summed E-state index contributed by atoms with van der Waals surface area (Å²) in [5.41, 5.74) is 1.20. The first kappa shape index (κ1) is 15.0. The van der Waals surface area contributed by atoms with Crippen LogP contribution in [0.15, 0.2) is 6.33 Å². The predicted octanol–water partition coefficient (Wildman–Crippen LogP) is 2.48. The highest BCUT2D eigenvalue weighted by atomic mass is 16.5. The van der Waals surface area contributed by atoms with Crippen LogP contribution in [0.3, 0.4) is 0 Å². The molecule has 0 bridgehead atoms. The third-order valence-electron chi connectivity index (χ3n) is 3.67. The van der Waals surface area contributed by atoms with Crippen molar-refractivity contribution in [1.82, 2.24) is 9.97 Å². The van der Waals surface area contributed by atoms with Crippen molar-refractivity contribution in [2.24, 2.45) is 0 Å². The third-order valence-corrected chi connectivity index (χ3v) is 3.67. The average molecular weight is 278 g/mol. The molecule has 0 radical (unpaired) electrons. The summed E-state index contributed by atoms with van der Waals surface area (Å²) in [4.78, 5) is 11.4. The number of hydrogen-bond acceptors (Lipinski definition) is 5. The van der Waals surface area contributed by atoms with Crippen LogP contribution >= 0.6 is 0 Å². The standard InChI is InChI=1S/C15H26N4O/c1-5-7-12-13(16-6-2)17-11-18-14(12)19-8-9-20-10-15(19,3)4/h11H,5-10H2,1-4H3,(H,16,17,18). The van der Waals surface area contributed by atoms with Gasteiger partial charge in [0.15, 0.2) is 0 Å². The number of hydrogen-bond donors (Lipinski definition) is 1. The molecule has 0 aliphatic carbocycles. The number of nitrogens with zero attached hydrogens (tertiary/aromatic N) is 3. The Labute approximate surface area is 121 Å². The Morgan fingerprint density at radius 1 is 1.35 bits per heavy atom. The number of ether oxygens (including phenoxy) is 1. The molecule has 0 aromatic carbocycles. The van der Waals surface area contributed by atoms with Gasteiger partial charge in [-0.05, 0) is 27.2 Å². The molecular formula is C15H26N4O. The summed E-state index contributed by atoms with van der Waals surface area (Å²) in [7, 11) is 0. The third kappa shape index (κ3) is 3.03. The lowest BCUT2D eigenvalue weighted by Gasteiger charge is -2.43. The van der Waals surface area contributed by atoms with Crippen LogP contribution in [-0.2, 0) is 11.2 Å². The summed E-state index contributed by atoms with van der Waals surface area (Å²) in [6.07, 6.45) is 3.74. The van der Waals surface area contributed by atoms with E-state index in [9.17, 15) is 0 Å². The monoisotopic (exact) mass is 278 g/mol. The van der Waals surface area contributed by atoms with Gasteiger partial charge in [0.1, 0.15) is 18.0 Å². The molecule has 1 saturated heterocycles. The smallest absolute Gasteiger partial charge is 0.137 e. The Balaban J connectivity index is 2.41. The maximum atomic E-state index is 5.61. The van der Waals surface area contributed by atoms with Crippen molar-refractivity contribution in [3.8, 4) is 0 Å². The fourth-order valence-electron chi connectivity index (χ4n) is 2.69. The summed E-state index contributed by atoms with van der Waals surface area (Å²) in [6, 6.07) is 0. The molecule has 5 nitrogen and oxygen atoms in total. The maximum absolute atomic E-state index is 5.61. The van der Waals surface area contributed by atoms with Gasteiger partial charge in [-0.3, -0.25) is 0 Å². The summed E-state index contributed by atoms with van der Waals surface area (Å²) in [5, 5.41) is 3.36. The number of nitrogens with one attached hydrogen (secondary N) is 1. The second-order valence-corrected chi connectivity index (χ2v) is 5.82. The van der Waals surface area contributed by atoms with E-state index in [1.807, 2.05) is 0 Å². The molecule has 1 fully saturated rings. The first-order valence-corrected chi connectivity index (χ1v) is 7.53. The molecule has 1 N–H and O–H groups in total. The molecule has 2 heterocycles. The van der Waals surface area contributed by atoms with Crippen molar-refractivity contribution in [1.29, 1.82) is 0 Å². The molecule has 112 valence electrons. The van der Waals surface area contributed by atoms with Crippen LogP contribution in [0.4, 0.5) is 11.6 Å². The molecule has 20 heavy (non-hydrogen) atoms. The summed E-state index contributed by atoms with van der Waals surface area (Å²) >= 11 is 0. The zero-order valence-electron chi connectivity index (χ0n) is 13.1. The summed E-state index contributed by atoms with van der Waals surface area (Å²) in [5.74, 6) is 2.03. The summed E-state index contributed by atoms with van der Waals surface area (Å²) in [6.45, 7) is 11.9. The van der Waals surface area contributed by atoms with Crippen molar-refractivity contribution < 1.29 is 4.74 Å². The van der Waals surface area contributed by atoms with E-state index < -0.39 is 0 Å². The zero-order chi connectivity index (χ0) is 14.6. The SMILES string of the molecule is CCCc1c(NCC)ncnc1N1CCOCC1(C)C. The van der Waals surface area contributed by atoms with Crippen LogP contribution in [-0.4, -0.2) is 41.8 Å². The van der Waals surface area contributed by atoms with Gasteiger partial charge in [-0.25, -0.2) is 9.97 Å². The van der Waals surface area contributed by atoms with Gasteiger partial charge in [0, 0.05) is 18.7 Å². The molecule has 1 aromatic heterocycles. The summed E-state index contributed by atoms with van der Waals surface area (Å²) < 4.78 is 5.61. The first-order valence-electron chi connectivity index (χ1n) is 7.53. The molecule has 1 aromatic rings. The highest BCUT2D eigenvalue weighted by molar-refractivity contribution is 5.60. The van der Waals surface area contributed by atoms with E-state index in [1.165, 1.54) is 5.56 Å². The van der Waals surface area contributed by atoms with E-state index >= 15 is 0 Å². The van der Waals surface area contributed by atoms with Gasteiger partial charge < -0.3 is 15.0 Å². The quantitative estimate of drug-likeness (QED) is 0.896. The van der Waals surface area contributed by atoms with Gasteiger partial charge in [-0.15, -0.1) is 0 Å². The first-order chi connectivity index (χ1) is 9.60. The highest BCUT2D eigenvalue weighted by Gasteiger charge is 2.33. The Bertz CT molecular complexity index is 447. The fourth-order valence-corrected chi connectivity index (χ4v) is 2.69. The highest BCUT2D eigenvalue weighted by Crippen LogP contribution is 2.31. The normalized spacial score (nSPS) is 18.1. The van der Waals surface area contributed by atoms with Crippen LogP contribution in [0.2, 0.25) is 0 Å². The lowest BCUT2D eigenvalue weighted by Crippen LogP contribution is -2.54. The van der Waals surface area contributed by atoms with Gasteiger partial charge in [0.2, 0.25) is 0 Å². The van der Waals surface area contributed by atoms with Crippen LogP contribution in [0, 0.1) is 0 Å². The van der Waals surface area contributed by atoms with Crippen molar-refractivity contribution in [2.75, 3.05) is 36.5 Å². The van der Waals surface area contributed by atoms with Crippen LogP contribution in [0.5, 0.6) is 0 Å². The van der Waals surface area contributed by atoms with Gasteiger partial charge in [0.25, 0.3) is 0 Å². The van der Waals surface area contributed by atoms with Crippen molar-refractivity contribution in [3.05, 3.63) is 11.9 Å². The van der Waals surface area contributed by atoms with Crippen LogP contribution in [0.25, 0.3) is 0 Å². The second kappa shape index (κ2) is 6.39. The number of aromatic nitrogens is 2. The molecule has 0 unspecified atom stereocenters. The van der Waals surface area contributed by atoms with Crippen molar-refractivity contribution >= 4 is 11.6 Å². The van der Waals surface area contributed by atoms with E-state index in [0.717, 1.165) is 50.8 Å². The van der Waals surface area contributed by atoms with Crippen molar-refractivity contribution in [3.63, 3.8) is 0 Å². The lowest BCUT2D eigenvalue weighted by atomic mass is 10.0. The Morgan fingerprint density at radius 2 is 2.15 bits per heavy atom. The average Bonchev–Trinajstić information content (AvgIpc) is 2.41. The predicted molar refractivity (Wildman–Crippen MR) is 82.4 cm³/mol. The molecule has 2 rings (SSSR count). The lowest BCUT2D eigenvalue weighted by molar-refractivity contribution is 0.0638. The van der Waals surface area contributed by atoms with Gasteiger partial charge in [-0.1, -0.05) is 13.3 Å². The molecule has 1 aliphatic rings. The van der Waals surface area contributed by atoms with Crippen LogP contribution in [0.1, 0.15) is 39.7 Å². The minimum absolute atomic E-state index is 0.0292. The molecule has 0 atom stereocenters. The van der Waals surface area contributed by atoms with Gasteiger partial charge >= 0.3 is 0 Å². The Morgan fingerprint density at radius 3 is 2.80 bits per heavy atom. The zero-order valence-corrected chi connectivity index (χ0v) is 13.1.